The van der Waals surface area contributed by atoms with Crippen molar-refractivity contribution in [1.82, 2.24) is 0 Å². The van der Waals surface area contributed by atoms with Crippen molar-refractivity contribution in [1.29, 1.82) is 0 Å². The molecule has 0 heterocycles. The molecular formula is C40H77NO6. The highest BCUT2D eigenvalue weighted by molar-refractivity contribution is 6.13. The molecule has 0 aliphatic rings. The van der Waals surface area contributed by atoms with Crippen LogP contribution in [-0.4, -0.2) is 50.6 Å². The SMILES string of the molecule is CCCCCCCCCCCCCCCCCC(=O)C(O)(CN)C(O)(C(=O)O)C(=O)CCCCCCCCCCCCCCCCC. The summed E-state index contributed by atoms with van der Waals surface area (Å²) >= 11 is 0. The molecule has 0 aromatic rings. The molecule has 0 rings (SSSR count). The van der Waals surface area contributed by atoms with Crippen LogP contribution in [-0.2, 0) is 14.4 Å². The molecule has 5 N–H and O–H groups in total. The molecule has 2 atom stereocenters. The third kappa shape index (κ3) is 20.7. The summed E-state index contributed by atoms with van der Waals surface area (Å²) < 4.78 is 0. The molecule has 2 unspecified atom stereocenters. The van der Waals surface area contributed by atoms with Crippen molar-refractivity contribution in [2.24, 2.45) is 5.73 Å². The number of ketones is 2. The second kappa shape index (κ2) is 30.7. The first kappa shape index (κ1) is 45.7. The molecule has 0 fully saturated rings. The van der Waals surface area contributed by atoms with Gasteiger partial charge in [0.25, 0.3) is 5.60 Å². The number of hydrogen-bond acceptors (Lipinski definition) is 6. The second-order valence-corrected chi connectivity index (χ2v) is 14.3. The summed E-state index contributed by atoms with van der Waals surface area (Å²) in [6.07, 6.45) is 34.6. The van der Waals surface area contributed by atoms with Crippen LogP contribution >= 0.6 is 0 Å². The van der Waals surface area contributed by atoms with Gasteiger partial charge in [-0.25, -0.2) is 4.79 Å². The molecule has 0 spiro atoms. The quantitative estimate of drug-likeness (QED) is 0.0382. The van der Waals surface area contributed by atoms with E-state index in [1.807, 2.05) is 0 Å². The van der Waals surface area contributed by atoms with Gasteiger partial charge in [0.1, 0.15) is 0 Å². The standard InChI is InChI=1S/C40H77NO6/c1-3-5-7-9-11-13-15-17-19-21-23-25-27-29-31-33-36(42)39(46,35-41)40(47,38(44)45)37(43)34-32-30-28-26-24-22-20-18-16-14-12-10-8-6-4-2/h46-47H,3-35,41H2,1-2H3,(H,44,45). The Kier molecular flexibility index (Phi) is 29.9. The third-order valence-electron chi connectivity index (χ3n) is 10.1. The molecular weight excluding hydrogens is 590 g/mol. The van der Waals surface area contributed by atoms with Crippen LogP contribution in [0.15, 0.2) is 0 Å². The Bertz CT molecular complexity index is 774. The minimum Gasteiger partial charge on any atom is -0.479 e. The van der Waals surface area contributed by atoms with E-state index in [0.29, 0.717) is 12.8 Å². The van der Waals surface area contributed by atoms with Gasteiger partial charge in [0.2, 0.25) is 0 Å². The summed E-state index contributed by atoms with van der Waals surface area (Å²) in [5.74, 6) is -3.83. The van der Waals surface area contributed by atoms with E-state index in [2.05, 4.69) is 13.8 Å². The topological polar surface area (TPSA) is 138 Å². The van der Waals surface area contributed by atoms with E-state index in [1.165, 1.54) is 128 Å². The molecule has 278 valence electrons. The van der Waals surface area contributed by atoms with Gasteiger partial charge in [-0.2, -0.15) is 0 Å². The first-order valence-corrected chi connectivity index (χ1v) is 20.2. The molecule has 47 heavy (non-hydrogen) atoms. The van der Waals surface area contributed by atoms with Gasteiger partial charge < -0.3 is 21.1 Å². The summed E-state index contributed by atoms with van der Waals surface area (Å²) in [6.45, 7) is 3.67. The summed E-state index contributed by atoms with van der Waals surface area (Å²) in [5, 5.41) is 31.9. The molecule has 0 aromatic heterocycles. The maximum absolute atomic E-state index is 13.0. The van der Waals surface area contributed by atoms with Crippen molar-refractivity contribution >= 4 is 17.5 Å². The van der Waals surface area contributed by atoms with Gasteiger partial charge in [-0.15, -0.1) is 0 Å². The molecule has 0 saturated carbocycles. The number of carbonyl (C=O) groups excluding carboxylic acids is 2. The molecule has 7 heteroatoms. The molecule has 0 bridgehead atoms. The van der Waals surface area contributed by atoms with Crippen LogP contribution in [0.25, 0.3) is 0 Å². The Balaban J connectivity index is 4.20. The van der Waals surface area contributed by atoms with Crippen molar-refractivity contribution in [3.63, 3.8) is 0 Å². The lowest BCUT2D eigenvalue weighted by molar-refractivity contribution is -0.196. The van der Waals surface area contributed by atoms with E-state index in [-0.39, 0.29) is 12.8 Å². The lowest BCUT2D eigenvalue weighted by atomic mass is 9.74. The van der Waals surface area contributed by atoms with Crippen LogP contribution in [0.5, 0.6) is 0 Å². The summed E-state index contributed by atoms with van der Waals surface area (Å²) in [5.41, 5.74) is -0.399. The van der Waals surface area contributed by atoms with Gasteiger partial charge in [-0.3, -0.25) is 9.59 Å². The van der Waals surface area contributed by atoms with Crippen LogP contribution in [0.1, 0.15) is 219 Å². The smallest absolute Gasteiger partial charge is 0.347 e. The largest absolute Gasteiger partial charge is 0.479 e. The number of unbranched alkanes of at least 4 members (excludes halogenated alkanes) is 28. The Morgan fingerprint density at radius 1 is 0.426 bits per heavy atom. The predicted molar refractivity (Wildman–Crippen MR) is 196 cm³/mol. The van der Waals surface area contributed by atoms with E-state index in [9.17, 15) is 29.7 Å². The minimum atomic E-state index is -3.23. The number of carboxylic acids is 1. The normalized spacial score (nSPS) is 14.1. The number of aliphatic hydroxyl groups is 2. The van der Waals surface area contributed by atoms with Crippen LogP contribution in [0.2, 0.25) is 0 Å². The Labute approximate surface area is 289 Å². The highest BCUT2D eigenvalue weighted by atomic mass is 16.4. The minimum absolute atomic E-state index is 0.117. The Hall–Kier alpha value is -1.31. The molecule has 7 nitrogen and oxygen atoms in total. The molecule has 0 saturated heterocycles. The zero-order valence-corrected chi connectivity index (χ0v) is 31.0. The molecule has 0 aliphatic carbocycles. The molecule has 0 aromatic carbocycles. The van der Waals surface area contributed by atoms with E-state index < -0.39 is 35.3 Å². The van der Waals surface area contributed by atoms with E-state index in [0.717, 1.165) is 51.4 Å². The predicted octanol–water partition coefficient (Wildman–Crippen LogP) is 10.2. The average molecular weight is 668 g/mol. The van der Waals surface area contributed by atoms with Crippen LogP contribution in [0.3, 0.4) is 0 Å². The van der Waals surface area contributed by atoms with Crippen LogP contribution < -0.4 is 5.73 Å². The van der Waals surface area contributed by atoms with Crippen LogP contribution in [0.4, 0.5) is 0 Å². The van der Waals surface area contributed by atoms with Crippen molar-refractivity contribution in [2.45, 2.75) is 231 Å². The van der Waals surface area contributed by atoms with Crippen molar-refractivity contribution in [2.75, 3.05) is 6.54 Å². The molecule has 0 amide bonds. The first-order chi connectivity index (χ1) is 22.7. The maximum atomic E-state index is 13.0. The monoisotopic (exact) mass is 668 g/mol. The second-order valence-electron chi connectivity index (χ2n) is 14.3. The fraction of sp³-hybridized carbons (Fsp3) is 0.925. The first-order valence-electron chi connectivity index (χ1n) is 20.2. The van der Waals surface area contributed by atoms with E-state index >= 15 is 0 Å². The molecule has 0 aliphatic heterocycles. The number of nitrogens with two attached hydrogens (primary N) is 1. The average Bonchev–Trinajstić information content (AvgIpc) is 3.06. The van der Waals surface area contributed by atoms with Gasteiger partial charge in [0.05, 0.1) is 0 Å². The van der Waals surface area contributed by atoms with Crippen molar-refractivity contribution in [3.8, 4) is 0 Å². The summed E-state index contributed by atoms with van der Waals surface area (Å²) in [6, 6.07) is 0. The number of carbonyl (C=O) groups is 3. The van der Waals surface area contributed by atoms with Gasteiger partial charge in [0, 0.05) is 19.4 Å². The third-order valence-corrected chi connectivity index (χ3v) is 10.1. The number of hydrogen-bond donors (Lipinski definition) is 4. The fourth-order valence-electron chi connectivity index (χ4n) is 6.69. The highest BCUT2D eigenvalue weighted by Crippen LogP contribution is 2.29. The molecule has 0 radical (unpaired) electrons. The van der Waals surface area contributed by atoms with Crippen molar-refractivity contribution in [3.05, 3.63) is 0 Å². The maximum Gasteiger partial charge on any atom is 0.347 e. The number of rotatable bonds is 37. The van der Waals surface area contributed by atoms with Gasteiger partial charge in [0.15, 0.2) is 17.2 Å². The fourth-order valence-corrected chi connectivity index (χ4v) is 6.69. The zero-order valence-electron chi connectivity index (χ0n) is 31.0. The van der Waals surface area contributed by atoms with E-state index in [4.69, 9.17) is 5.73 Å². The number of aliphatic carboxylic acids is 1. The highest BCUT2D eigenvalue weighted by Gasteiger charge is 2.63. The van der Waals surface area contributed by atoms with Gasteiger partial charge in [-0.05, 0) is 12.8 Å². The van der Waals surface area contributed by atoms with Crippen molar-refractivity contribution < 1.29 is 29.7 Å². The lowest BCUT2D eigenvalue weighted by Gasteiger charge is -2.37. The Morgan fingerprint density at radius 3 is 0.894 bits per heavy atom. The summed E-state index contributed by atoms with van der Waals surface area (Å²) in [4.78, 5) is 38.1. The van der Waals surface area contributed by atoms with Gasteiger partial charge in [-0.1, -0.05) is 194 Å². The Morgan fingerprint density at radius 2 is 0.660 bits per heavy atom. The van der Waals surface area contributed by atoms with Crippen LogP contribution in [0, 0.1) is 0 Å². The number of Topliss-reactive ketones (excluding diaryl/α,β-unsaturated/α-hetero) is 2. The summed E-state index contributed by atoms with van der Waals surface area (Å²) in [7, 11) is 0. The lowest BCUT2D eigenvalue weighted by Crippen LogP contribution is -2.70. The number of carboxylic acid groups (broad SMARTS) is 1. The zero-order chi connectivity index (χ0) is 35.1. The van der Waals surface area contributed by atoms with E-state index in [1.54, 1.807) is 0 Å². The van der Waals surface area contributed by atoms with Gasteiger partial charge >= 0.3 is 5.97 Å².